The molecule has 0 aliphatic heterocycles. The van der Waals surface area contributed by atoms with Crippen LogP contribution in [0.1, 0.15) is 0 Å². The van der Waals surface area contributed by atoms with Gasteiger partial charge >= 0.3 is 0 Å². The Hall–Kier alpha value is -0.0500. The van der Waals surface area contributed by atoms with E-state index < -0.39 is 0 Å². The Bertz CT molecular complexity index is 275. The van der Waals surface area contributed by atoms with Gasteiger partial charge in [0.05, 0.1) is 10.0 Å². The lowest BCUT2D eigenvalue weighted by Gasteiger charge is -2.02. The monoisotopic (exact) mass is 208 g/mol. The molecule has 0 fully saturated rings. The molecule has 0 aromatic heterocycles. The molecule has 1 aromatic carbocycles. The fourth-order valence-electron chi connectivity index (χ4n) is 0.675. The maximum absolute atomic E-state index is 9.09. The summed E-state index contributed by atoms with van der Waals surface area (Å²) in [5.41, 5.74) is 0. The van der Waals surface area contributed by atoms with Crippen molar-refractivity contribution < 1.29 is 5.11 Å². The van der Waals surface area contributed by atoms with Crippen molar-refractivity contribution in [1.82, 2.24) is 0 Å². The number of hydrogen-bond donors (Lipinski definition) is 1. The maximum atomic E-state index is 9.09. The summed E-state index contributed by atoms with van der Waals surface area (Å²) in [6, 6.07) is 3.08. The summed E-state index contributed by atoms with van der Waals surface area (Å²) in [5, 5.41) is 9.95. The van der Waals surface area contributed by atoms with E-state index in [1.807, 2.05) is 6.26 Å². The minimum atomic E-state index is 0.0227. The van der Waals surface area contributed by atoms with E-state index in [0.29, 0.717) is 10.0 Å². The molecule has 4 heteroatoms. The van der Waals surface area contributed by atoms with Crippen LogP contribution in [0, 0.1) is 0 Å². The van der Waals surface area contributed by atoms with Crippen LogP contribution >= 0.6 is 35.0 Å². The second-order valence-electron chi connectivity index (χ2n) is 1.94. The van der Waals surface area contributed by atoms with E-state index in [4.69, 9.17) is 28.3 Å². The van der Waals surface area contributed by atoms with E-state index in [-0.39, 0.29) is 5.75 Å². The van der Waals surface area contributed by atoms with E-state index in [1.165, 1.54) is 17.8 Å². The molecule has 0 bridgehead atoms. The van der Waals surface area contributed by atoms with Crippen molar-refractivity contribution >= 4 is 35.0 Å². The van der Waals surface area contributed by atoms with Gasteiger partial charge in [-0.1, -0.05) is 23.2 Å². The first-order valence-corrected chi connectivity index (χ1v) is 4.85. The van der Waals surface area contributed by atoms with Gasteiger partial charge < -0.3 is 5.11 Å². The van der Waals surface area contributed by atoms with E-state index in [0.717, 1.165) is 4.90 Å². The summed E-state index contributed by atoms with van der Waals surface area (Å²) < 4.78 is 0. The molecule has 0 saturated carbocycles. The molecule has 1 aromatic rings. The summed E-state index contributed by atoms with van der Waals surface area (Å²) >= 11 is 12.9. The number of halogens is 2. The highest BCUT2D eigenvalue weighted by Crippen LogP contribution is 2.34. The van der Waals surface area contributed by atoms with E-state index in [1.54, 1.807) is 6.07 Å². The van der Waals surface area contributed by atoms with Crippen molar-refractivity contribution in [3.05, 3.63) is 22.2 Å². The number of phenols is 1. The Morgan fingerprint density at radius 1 is 1.27 bits per heavy atom. The van der Waals surface area contributed by atoms with Crippen LogP contribution in [0.25, 0.3) is 0 Å². The van der Waals surface area contributed by atoms with Crippen LogP contribution in [0.5, 0.6) is 5.75 Å². The van der Waals surface area contributed by atoms with Gasteiger partial charge in [0.1, 0.15) is 5.75 Å². The minimum absolute atomic E-state index is 0.0227. The summed E-state index contributed by atoms with van der Waals surface area (Å²) in [6.45, 7) is 0. The highest BCUT2D eigenvalue weighted by Gasteiger charge is 2.04. The molecular formula is C7H6Cl2OS. The third-order valence-corrected chi connectivity index (χ3v) is 2.73. The average molecular weight is 209 g/mol. The molecule has 1 N–H and O–H groups in total. The molecular weight excluding hydrogens is 203 g/mol. The Labute approximate surface area is 79.3 Å². The number of thioether (sulfide) groups is 1. The third-order valence-electron chi connectivity index (χ3n) is 1.22. The van der Waals surface area contributed by atoms with E-state index in [2.05, 4.69) is 0 Å². The van der Waals surface area contributed by atoms with Crippen LogP contribution in [0.3, 0.4) is 0 Å². The molecule has 60 valence electrons. The summed E-state index contributed by atoms with van der Waals surface area (Å²) in [4.78, 5) is 0.870. The number of rotatable bonds is 1. The van der Waals surface area contributed by atoms with Crippen LogP contribution in [0.2, 0.25) is 10.0 Å². The Kier molecular flexibility index (Phi) is 2.93. The molecule has 11 heavy (non-hydrogen) atoms. The van der Waals surface area contributed by atoms with Crippen molar-refractivity contribution in [1.29, 1.82) is 0 Å². The van der Waals surface area contributed by atoms with Gasteiger partial charge in [0.25, 0.3) is 0 Å². The van der Waals surface area contributed by atoms with Gasteiger partial charge in [-0.05, 0) is 12.3 Å². The van der Waals surface area contributed by atoms with Crippen molar-refractivity contribution in [3.8, 4) is 5.75 Å². The number of phenolic OH excluding ortho intramolecular Hbond substituents is 1. The molecule has 0 spiro atoms. The quantitative estimate of drug-likeness (QED) is 0.715. The first kappa shape index (κ1) is 9.04. The van der Waals surface area contributed by atoms with Crippen LogP contribution in [-0.2, 0) is 0 Å². The molecule has 0 radical (unpaired) electrons. The fraction of sp³-hybridized carbons (Fsp3) is 0.143. The average Bonchev–Trinajstić information content (AvgIpc) is 1.97. The lowest BCUT2D eigenvalue weighted by Crippen LogP contribution is -1.74. The zero-order valence-corrected chi connectivity index (χ0v) is 8.09. The van der Waals surface area contributed by atoms with Crippen molar-refractivity contribution in [2.75, 3.05) is 6.26 Å². The number of benzene rings is 1. The maximum Gasteiger partial charge on any atom is 0.135 e. The van der Waals surface area contributed by atoms with Gasteiger partial charge in [-0.2, -0.15) is 0 Å². The molecule has 1 nitrogen and oxygen atoms in total. The Morgan fingerprint density at radius 3 is 2.45 bits per heavy atom. The second kappa shape index (κ2) is 3.57. The van der Waals surface area contributed by atoms with Crippen molar-refractivity contribution in [2.24, 2.45) is 0 Å². The smallest absolute Gasteiger partial charge is 0.135 e. The molecule has 0 aliphatic carbocycles. The number of aromatic hydroxyl groups is 1. The molecule has 0 aliphatic rings. The molecule has 0 heterocycles. The van der Waals surface area contributed by atoms with Crippen molar-refractivity contribution in [3.63, 3.8) is 0 Å². The predicted octanol–water partition coefficient (Wildman–Crippen LogP) is 3.42. The zero-order chi connectivity index (χ0) is 8.43. The second-order valence-corrected chi connectivity index (χ2v) is 3.60. The van der Waals surface area contributed by atoms with Gasteiger partial charge in [-0.3, -0.25) is 0 Å². The third kappa shape index (κ3) is 1.95. The molecule has 0 unspecified atom stereocenters. The first-order valence-electron chi connectivity index (χ1n) is 2.87. The van der Waals surface area contributed by atoms with Crippen LogP contribution < -0.4 is 0 Å². The molecule has 1 rings (SSSR count). The minimum Gasteiger partial charge on any atom is -0.506 e. The Balaban J connectivity index is 3.21. The Morgan fingerprint density at radius 2 is 1.91 bits per heavy atom. The van der Waals surface area contributed by atoms with Crippen LogP contribution in [0.4, 0.5) is 0 Å². The first-order chi connectivity index (χ1) is 5.15. The highest BCUT2D eigenvalue weighted by atomic mass is 35.5. The summed E-state index contributed by atoms with van der Waals surface area (Å²) in [7, 11) is 0. The molecule has 0 amide bonds. The summed E-state index contributed by atoms with van der Waals surface area (Å²) in [6.07, 6.45) is 1.90. The highest BCUT2D eigenvalue weighted by molar-refractivity contribution is 7.98. The lowest BCUT2D eigenvalue weighted by molar-refractivity contribution is 0.475. The molecule has 0 saturated heterocycles. The normalized spacial score (nSPS) is 10.1. The SMILES string of the molecule is CSc1cc(Cl)c(O)cc1Cl. The number of hydrogen-bond acceptors (Lipinski definition) is 2. The largest absolute Gasteiger partial charge is 0.506 e. The summed E-state index contributed by atoms with van der Waals surface area (Å²) in [5.74, 6) is 0.0227. The predicted molar refractivity (Wildman–Crippen MR) is 49.9 cm³/mol. The van der Waals surface area contributed by atoms with Gasteiger partial charge in [0.2, 0.25) is 0 Å². The van der Waals surface area contributed by atoms with E-state index >= 15 is 0 Å². The zero-order valence-electron chi connectivity index (χ0n) is 5.77. The molecule has 0 atom stereocenters. The van der Waals surface area contributed by atoms with Crippen molar-refractivity contribution in [2.45, 2.75) is 4.90 Å². The lowest BCUT2D eigenvalue weighted by atomic mass is 10.3. The topological polar surface area (TPSA) is 20.2 Å². The van der Waals surface area contributed by atoms with Crippen LogP contribution in [-0.4, -0.2) is 11.4 Å². The van der Waals surface area contributed by atoms with E-state index in [9.17, 15) is 0 Å². The van der Waals surface area contributed by atoms with Crippen LogP contribution in [0.15, 0.2) is 17.0 Å². The van der Waals surface area contributed by atoms with Gasteiger partial charge in [0.15, 0.2) is 0 Å². The fourth-order valence-corrected chi connectivity index (χ4v) is 1.78. The van der Waals surface area contributed by atoms with Gasteiger partial charge in [-0.25, -0.2) is 0 Å². The standard InChI is InChI=1S/C7H6Cl2OS/c1-11-7-3-4(8)6(10)2-5(7)9/h2-3,10H,1H3. The van der Waals surface area contributed by atoms with Gasteiger partial charge in [0, 0.05) is 11.0 Å². The van der Waals surface area contributed by atoms with Gasteiger partial charge in [-0.15, -0.1) is 11.8 Å².